The topological polar surface area (TPSA) is 106 Å². The predicted octanol–water partition coefficient (Wildman–Crippen LogP) is 3.38. The van der Waals surface area contributed by atoms with Crippen LogP contribution >= 0.6 is 0 Å². The second-order valence-electron chi connectivity index (χ2n) is 6.87. The van der Waals surface area contributed by atoms with Crippen molar-refractivity contribution >= 4 is 11.9 Å². The van der Waals surface area contributed by atoms with Crippen LogP contribution in [0.15, 0.2) is 55.0 Å². The average Bonchev–Trinajstić information content (AvgIpc) is 3.14. The Morgan fingerprint density at radius 2 is 1.94 bits per heavy atom. The standard InChI is InChI=1S/C20H18N4O2.C2HF3O2/c1-26-18-6-2-5-15(23-18)8-11-24-13-17-19(20(24)25)16(7-10-22-17)14-4-3-9-21-12-14;3-2(4,5)1(6)7/h2-7,9-10,12H,8,11,13H2,1H3;(H,6,7). The summed E-state index contributed by atoms with van der Waals surface area (Å²) in [6.45, 7) is 1.11. The summed E-state index contributed by atoms with van der Waals surface area (Å²) >= 11 is 0. The van der Waals surface area contributed by atoms with Crippen LogP contribution in [0.2, 0.25) is 0 Å². The van der Waals surface area contributed by atoms with E-state index >= 15 is 0 Å². The smallest absolute Gasteiger partial charge is 0.481 e. The minimum absolute atomic E-state index is 0.00912. The molecule has 1 amide bonds. The molecule has 0 saturated carbocycles. The third-order valence-electron chi connectivity index (χ3n) is 4.71. The molecule has 0 radical (unpaired) electrons. The van der Waals surface area contributed by atoms with E-state index < -0.39 is 12.1 Å². The minimum Gasteiger partial charge on any atom is -0.481 e. The van der Waals surface area contributed by atoms with E-state index in [-0.39, 0.29) is 5.91 Å². The van der Waals surface area contributed by atoms with Crippen molar-refractivity contribution in [2.75, 3.05) is 13.7 Å². The summed E-state index contributed by atoms with van der Waals surface area (Å²) in [7, 11) is 1.60. The quantitative estimate of drug-likeness (QED) is 0.622. The van der Waals surface area contributed by atoms with Crippen LogP contribution in [0.1, 0.15) is 21.7 Å². The average molecular weight is 460 g/mol. The summed E-state index contributed by atoms with van der Waals surface area (Å²) in [5.74, 6) is -2.17. The Morgan fingerprint density at radius 1 is 1.18 bits per heavy atom. The maximum Gasteiger partial charge on any atom is 0.490 e. The number of aromatic nitrogens is 3. The molecule has 11 heteroatoms. The largest absolute Gasteiger partial charge is 0.490 e. The van der Waals surface area contributed by atoms with Gasteiger partial charge >= 0.3 is 12.1 Å². The van der Waals surface area contributed by atoms with Gasteiger partial charge in [-0.05, 0) is 23.8 Å². The lowest BCUT2D eigenvalue weighted by Crippen LogP contribution is -2.26. The summed E-state index contributed by atoms with van der Waals surface area (Å²) < 4.78 is 36.9. The van der Waals surface area contributed by atoms with Crippen LogP contribution in [0.3, 0.4) is 0 Å². The molecule has 3 aromatic rings. The first-order valence-electron chi connectivity index (χ1n) is 9.68. The molecule has 8 nitrogen and oxygen atoms in total. The van der Waals surface area contributed by atoms with Gasteiger partial charge in [-0.2, -0.15) is 13.2 Å². The molecule has 4 heterocycles. The lowest BCUT2D eigenvalue weighted by Gasteiger charge is -2.15. The number of alkyl halides is 3. The van der Waals surface area contributed by atoms with E-state index in [4.69, 9.17) is 14.6 Å². The molecule has 1 N–H and O–H groups in total. The van der Waals surface area contributed by atoms with Gasteiger partial charge in [-0.15, -0.1) is 0 Å². The van der Waals surface area contributed by atoms with Crippen LogP contribution in [0.25, 0.3) is 11.1 Å². The number of carboxylic acids is 1. The van der Waals surface area contributed by atoms with E-state index in [0.29, 0.717) is 31.0 Å². The summed E-state index contributed by atoms with van der Waals surface area (Å²) in [4.78, 5) is 36.6. The lowest BCUT2D eigenvalue weighted by atomic mass is 10.0. The van der Waals surface area contributed by atoms with Crippen LogP contribution in [0.4, 0.5) is 13.2 Å². The number of rotatable bonds is 5. The zero-order valence-corrected chi connectivity index (χ0v) is 17.4. The van der Waals surface area contributed by atoms with Crippen LogP contribution in [-0.2, 0) is 17.8 Å². The normalized spacial score (nSPS) is 12.6. The third kappa shape index (κ3) is 5.82. The van der Waals surface area contributed by atoms with E-state index in [1.54, 1.807) is 25.7 Å². The maximum atomic E-state index is 13.0. The molecule has 0 fully saturated rings. The molecular weight excluding hydrogens is 441 g/mol. The van der Waals surface area contributed by atoms with Gasteiger partial charge in [0.2, 0.25) is 5.88 Å². The number of hydrogen-bond donors (Lipinski definition) is 1. The molecule has 1 aliphatic heterocycles. The Balaban J connectivity index is 0.000000383. The molecule has 0 spiro atoms. The SMILES string of the molecule is COc1cccc(CCN2Cc3nccc(-c4cccnc4)c3C2=O)n1.O=C(O)C(F)(F)F. The lowest BCUT2D eigenvalue weighted by molar-refractivity contribution is -0.192. The fourth-order valence-corrected chi connectivity index (χ4v) is 3.18. The summed E-state index contributed by atoms with van der Waals surface area (Å²) in [5, 5.41) is 7.12. The molecule has 0 bridgehead atoms. The molecule has 1 aliphatic rings. The zero-order chi connectivity index (χ0) is 24.0. The fraction of sp³-hybridized carbons (Fsp3) is 0.227. The van der Waals surface area contributed by atoms with Crippen LogP contribution in [0.5, 0.6) is 5.88 Å². The molecular formula is C22H19F3N4O4. The Labute approximate surface area is 186 Å². The van der Waals surface area contributed by atoms with Crippen molar-refractivity contribution in [2.24, 2.45) is 0 Å². The van der Waals surface area contributed by atoms with Gasteiger partial charge in [0.25, 0.3) is 5.91 Å². The number of hydrogen-bond acceptors (Lipinski definition) is 6. The number of carbonyl (C=O) groups excluding carboxylic acids is 1. The van der Waals surface area contributed by atoms with Crippen LogP contribution < -0.4 is 4.74 Å². The van der Waals surface area contributed by atoms with Gasteiger partial charge in [0.15, 0.2) is 0 Å². The Hall–Kier alpha value is -4.02. The fourth-order valence-electron chi connectivity index (χ4n) is 3.18. The molecule has 0 saturated heterocycles. The number of amides is 1. The van der Waals surface area contributed by atoms with Crippen molar-refractivity contribution in [1.29, 1.82) is 0 Å². The molecule has 0 aliphatic carbocycles. The number of halogens is 3. The molecule has 0 aromatic carbocycles. The van der Waals surface area contributed by atoms with Gasteiger partial charge in [-0.25, -0.2) is 9.78 Å². The Bertz CT molecular complexity index is 1140. The van der Waals surface area contributed by atoms with Crippen LogP contribution in [0, 0.1) is 0 Å². The minimum atomic E-state index is -5.08. The molecule has 33 heavy (non-hydrogen) atoms. The van der Waals surface area contributed by atoms with E-state index in [1.807, 2.05) is 41.3 Å². The van der Waals surface area contributed by atoms with Crippen molar-refractivity contribution in [3.8, 4) is 17.0 Å². The monoisotopic (exact) mass is 460 g/mol. The first-order chi connectivity index (χ1) is 15.7. The van der Waals surface area contributed by atoms with Crippen molar-refractivity contribution in [3.63, 3.8) is 0 Å². The number of nitrogens with zero attached hydrogens (tertiary/aromatic N) is 4. The number of carbonyl (C=O) groups is 2. The van der Waals surface area contributed by atoms with Crippen molar-refractivity contribution < 1.29 is 32.6 Å². The zero-order valence-electron chi connectivity index (χ0n) is 17.4. The van der Waals surface area contributed by atoms with Crippen LogP contribution in [-0.4, -0.2) is 56.7 Å². The number of ether oxygens (including phenoxy) is 1. The summed E-state index contributed by atoms with van der Waals surface area (Å²) in [6.07, 6.45) is 0.826. The number of methoxy groups -OCH3 is 1. The second kappa shape index (κ2) is 10.1. The number of carboxylic acid groups (broad SMARTS) is 1. The van der Waals surface area contributed by atoms with Gasteiger partial charge < -0.3 is 14.7 Å². The van der Waals surface area contributed by atoms with Gasteiger partial charge in [0.1, 0.15) is 0 Å². The molecule has 4 rings (SSSR count). The van der Waals surface area contributed by atoms with Gasteiger partial charge in [-0.1, -0.05) is 12.1 Å². The third-order valence-corrected chi connectivity index (χ3v) is 4.71. The van der Waals surface area contributed by atoms with Crippen molar-refractivity contribution in [3.05, 3.63) is 71.9 Å². The molecule has 0 unspecified atom stereocenters. The van der Waals surface area contributed by atoms with Crippen molar-refractivity contribution in [1.82, 2.24) is 19.9 Å². The van der Waals surface area contributed by atoms with Gasteiger partial charge in [0.05, 0.1) is 24.9 Å². The van der Waals surface area contributed by atoms with E-state index in [1.165, 1.54) is 0 Å². The van der Waals surface area contributed by atoms with E-state index in [9.17, 15) is 18.0 Å². The Kier molecular flexibility index (Phi) is 7.21. The highest BCUT2D eigenvalue weighted by atomic mass is 19.4. The summed E-state index contributed by atoms with van der Waals surface area (Å²) in [5.41, 5.74) is 4.20. The van der Waals surface area contributed by atoms with Gasteiger partial charge in [-0.3, -0.25) is 14.8 Å². The maximum absolute atomic E-state index is 13.0. The highest BCUT2D eigenvalue weighted by molar-refractivity contribution is 6.03. The highest BCUT2D eigenvalue weighted by Gasteiger charge is 2.38. The number of fused-ring (bicyclic) bond motifs is 1. The second-order valence-corrected chi connectivity index (χ2v) is 6.87. The highest BCUT2D eigenvalue weighted by Crippen LogP contribution is 2.31. The Morgan fingerprint density at radius 3 is 2.58 bits per heavy atom. The number of aliphatic carboxylic acids is 1. The molecule has 172 valence electrons. The molecule has 0 atom stereocenters. The molecule has 3 aromatic heterocycles. The number of pyridine rings is 3. The van der Waals surface area contributed by atoms with Gasteiger partial charge in [0, 0.05) is 48.9 Å². The van der Waals surface area contributed by atoms with E-state index in [0.717, 1.165) is 22.5 Å². The summed E-state index contributed by atoms with van der Waals surface area (Å²) in [6, 6.07) is 11.4. The van der Waals surface area contributed by atoms with E-state index in [2.05, 4.69) is 15.0 Å². The predicted molar refractivity (Wildman–Crippen MR) is 110 cm³/mol. The van der Waals surface area contributed by atoms with Crippen molar-refractivity contribution in [2.45, 2.75) is 19.1 Å². The first-order valence-corrected chi connectivity index (χ1v) is 9.68. The first kappa shape index (κ1) is 23.6.